The summed E-state index contributed by atoms with van der Waals surface area (Å²) < 4.78 is 0. The Morgan fingerprint density at radius 3 is 2.70 bits per heavy atom. The Balaban J connectivity index is 3.20. The van der Waals surface area contributed by atoms with Crippen molar-refractivity contribution in [3.63, 3.8) is 0 Å². The number of nitriles is 1. The molecule has 0 bridgehead atoms. The lowest BCUT2D eigenvalue weighted by molar-refractivity contribution is 1.49. The number of benzene rings is 1. The molecule has 0 aliphatic heterocycles. The fraction of sp³-hybridized carbons (Fsp3) is 0. The molecule has 0 aromatic heterocycles. The molecule has 0 spiro atoms. The van der Waals surface area contributed by atoms with E-state index in [0.29, 0.717) is 11.3 Å². The molecular formula is C7H6N3-. The number of anilines is 1. The topological polar surface area (TPSA) is 73.6 Å². The summed E-state index contributed by atoms with van der Waals surface area (Å²) in [6.45, 7) is 0. The molecule has 0 heterocycles. The van der Waals surface area contributed by atoms with Crippen molar-refractivity contribution in [2.45, 2.75) is 0 Å². The standard InChI is InChI=1S/C7H6N3/c8-4-5-1-2-6(9)7(10)3-5/h1-3,9H,10H2/q-1. The summed E-state index contributed by atoms with van der Waals surface area (Å²) in [5.74, 6) is 0. The number of rotatable bonds is 0. The zero-order valence-corrected chi connectivity index (χ0v) is 5.26. The predicted octanol–water partition coefficient (Wildman–Crippen LogP) is 1.82. The van der Waals surface area contributed by atoms with E-state index < -0.39 is 0 Å². The van der Waals surface area contributed by atoms with Gasteiger partial charge in [0.25, 0.3) is 0 Å². The van der Waals surface area contributed by atoms with Crippen LogP contribution in [-0.2, 0) is 0 Å². The second-order valence-electron chi connectivity index (χ2n) is 1.91. The highest BCUT2D eigenvalue weighted by molar-refractivity contribution is 5.67. The molecule has 0 unspecified atom stereocenters. The van der Waals surface area contributed by atoms with Gasteiger partial charge in [-0.05, 0) is 12.1 Å². The molecule has 0 fully saturated rings. The summed E-state index contributed by atoms with van der Waals surface area (Å²) in [6.07, 6.45) is 0. The second-order valence-corrected chi connectivity index (χ2v) is 1.91. The molecule has 1 aromatic carbocycles. The fourth-order valence-corrected chi connectivity index (χ4v) is 0.632. The van der Waals surface area contributed by atoms with E-state index >= 15 is 0 Å². The molecule has 0 amide bonds. The third-order valence-electron chi connectivity index (χ3n) is 1.18. The van der Waals surface area contributed by atoms with E-state index in [1.807, 2.05) is 6.07 Å². The van der Waals surface area contributed by atoms with Crippen molar-refractivity contribution >= 4 is 11.4 Å². The van der Waals surface area contributed by atoms with Gasteiger partial charge in [-0.1, -0.05) is 6.07 Å². The summed E-state index contributed by atoms with van der Waals surface area (Å²) in [5, 5.41) is 8.39. The second kappa shape index (κ2) is 2.28. The van der Waals surface area contributed by atoms with Crippen LogP contribution in [0.4, 0.5) is 11.4 Å². The average Bonchev–Trinajstić information content (AvgIpc) is 1.95. The van der Waals surface area contributed by atoms with Gasteiger partial charge in [-0.25, -0.2) is 0 Å². The fourth-order valence-electron chi connectivity index (χ4n) is 0.632. The van der Waals surface area contributed by atoms with Crippen LogP contribution in [0.15, 0.2) is 18.2 Å². The summed E-state index contributed by atoms with van der Waals surface area (Å²) in [6, 6.07) is 6.50. The Kier molecular flexibility index (Phi) is 1.46. The van der Waals surface area contributed by atoms with E-state index in [4.69, 9.17) is 16.7 Å². The zero-order chi connectivity index (χ0) is 7.56. The van der Waals surface area contributed by atoms with Gasteiger partial charge in [0.1, 0.15) is 0 Å². The summed E-state index contributed by atoms with van der Waals surface area (Å²) in [4.78, 5) is 0. The average molecular weight is 132 g/mol. The normalized spacial score (nSPS) is 8.70. The Hall–Kier alpha value is -1.69. The lowest BCUT2D eigenvalue weighted by Gasteiger charge is -2.05. The summed E-state index contributed by atoms with van der Waals surface area (Å²) in [7, 11) is 0. The van der Waals surface area contributed by atoms with Crippen LogP contribution in [0.5, 0.6) is 0 Å². The SMILES string of the molecule is N#Cc1ccc([NH-])c(N)c1. The molecule has 0 aliphatic rings. The third kappa shape index (κ3) is 1.00. The molecule has 1 rings (SSSR count). The smallest absolute Gasteiger partial charge is 0.0992 e. The maximum absolute atomic E-state index is 8.39. The first-order valence-corrected chi connectivity index (χ1v) is 2.75. The van der Waals surface area contributed by atoms with E-state index in [0.717, 1.165) is 0 Å². The summed E-state index contributed by atoms with van der Waals surface area (Å²) >= 11 is 0. The monoisotopic (exact) mass is 132 g/mol. The van der Waals surface area contributed by atoms with E-state index in [9.17, 15) is 0 Å². The number of nitrogens with zero attached hydrogens (tertiary/aromatic N) is 1. The maximum atomic E-state index is 8.39. The first-order chi connectivity index (χ1) is 4.74. The minimum atomic E-state index is 0.263. The number of hydrogen-bond acceptors (Lipinski definition) is 2. The first kappa shape index (κ1) is 6.43. The lowest BCUT2D eigenvalue weighted by Crippen LogP contribution is -1.84. The molecule has 50 valence electrons. The largest absolute Gasteiger partial charge is 0.697 e. The van der Waals surface area contributed by atoms with Crippen LogP contribution < -0.4 is 5.73 Å². The molecular weight excluding hydrogens is 126 g/mol. The van der Waals surface area contributed by atoms with Crippen molar-refractivity contribution in [1.29, 1.82) is 5.26 Å². The van der Waals surface area contributed by atoms with Crippen LogP contribution in [0.1, 0.15) is 5.56 Å². The van der Waals surface area contributed by atoms with Gasteiger partial charge < -0.3 is 11.5 Å². The Morgan fingerprint density at radius 2 is 2.20 bits per heavy atom. The van der Waals surface area contributed by atoms with Crippen LogP contribution in [0.3, 0.4) is 0 Å². The van der Waals surface area contributed by atoms with Gasteiger partial charge in [0.15, 0.2) is 0 Å². The van der Waals surface area contributed by atoms with Crippen molar-refractivity contribution in [3.8, 4) is 6.07 Å². The van der Waals surface area contributed by atoms with Gasteiger partial charge in [-0.15, -0.1) is 5.69 Å². The predicted molar refractivity (Wildman–Crippen MR) is 39.6 cm³/mol. The number of hydrogen-bond donors (Lipinski definition) is 1. The minimum absolute atomic E-state index is 0.263. The van der Waals surface area contributed by atoms with E-state index in [1.165, 1.54) is 12.1 Å². The van der Waals surface area contributed by atoms with Gasteiger partial charge in [-0.2, -0.15) is 5.26 Å². The Bertz CT molecular complexity index is 285. The van der Waals surface area contributed by atoms with Crippen molar-refractivity contribution in [3.05, 3.63) is 29.5 Å². The molecule has 0 atom stereocenters. The number of nitrogen functional groups attached to an aromatic ring is 1. The van der Waals surface area contributed by atoms with E-state index in [1.54, 1.807) is 6.07 Å². The highest BCUT2D eigenvalue weighted by Crippen LogP contribution is 2.20. The Labute approximate surface area is 58.9 Å². The summed E-state index contributed by atoms with van der Waals surface area (Å²) in [5.41, 5.74) is 13.6. The molecule has 1 aromatic rings. The molecule has 0 saturated heterocycles. The number of nitrogens with two attached hydrogens (primary N) is 1. The Morgan fingerprint density at radius 1 is 1.50 bits per heavy atom. The highest BCUT2D eigenvalue weighted by atomic mass is 14.7. The van der Waals surface area contributed by atoms with Gasteiger partial charge in [0.05, 0.1) is 11.6 Å². The maximum Gasteiger partial charge on any atom is 0.0992 e. The molecule has 3 heteroatoms. The van der Waals surface area contributed by atoms with Crippen LogP contribution in [-0.4, -0.2) is 0 Å². The molecule has 3 N–H and O–H groups in total. The van der Waals surface area contributed by atoms with Crippen molar-refractivity contribution in [2.75, 3.05) is 5.73 Å². The number of nitrogens with one attached hydrogen (secondary N) is 1. The van der Waals surface area contributed by atoms with E-state index in [-0.39, 0.29) is 5.69 Å². The molecule has 0 radical (unpaired) electrons. The minimum Gasteiger partial charge on any atom is -0.697 e. The zero-order valence-electron chi connectivity index (χ0n) is 5.26. The quantitative estimate of drug-likeness (QED) is 0.547. The van der Waals surface area contributed by atoms with E-state index in [2.05, 4.69) is 0 Å². The van der Waals surface area contributed by atoms with Gasteiger partial charge in [0, 0.05) is 5.69 Å². The van der Waals surface area contributed by atoms with Crippen molar-refractivity contribution in [1.82, 2.24) is 0 Å². The van der Waals surface area contributed by atoms with Crippen molar-refractivity contribution in [2.24, 2.45) is 0 Å². The molecule has 0 saturated carbocycles. The first-order valence-electron chi connectivity index (χ1n) is 2.75. The van der Waals surface area contributed by atoms with Crippen LogP contribution in [0, 0.1) is 11.3 Å². The highest BCUT2D eigenvalue weighted by Gasteiger charge is 1.89. The van der Waals surface area contributed by atoms with Gasteiger partial charge in [0.2, 0.25) is 0 Å². The van der Waals surface area contributed by atoms with Crippen LogP contribution >= 0.6 is 0 Å². The molecule has 10 heavy (non-hydrogen) atoms. The van der Waals surface area contributed by atoms with Gasteiger partial charge in [-0.3, -0.25) is 0 Å². The van der Waals surface area contributed by atoms with Crippen LogP contribution in [0.25, 0.3) is 5.73 Å². The van der Waals surface area contributed by atoms with Crippen molar-refractivity contribution < 1.29 is 0 Å². The van der Waals surface area contributed by atoms with Gasteiger partial charge >= 0.3 is 0 Å². The molecule has 0 aliphatic carbocycles. The third-order valence-corrected chi connectivity index (χ3v) is 1.18. The lowest BCUT2D eigenvalue weighted by atomic mass is 10.2. The molecule has 3 nitrogen and oxygen atoms in total. The van der Waals surface area contributed by atoms with Crippen LogP contribution in [0.2, 0.25) is 0 Å².